The minimum atomic E-state index is -0.683. The fourth-order valence-corrected chi connectivity index (χ4v) is 2.74. The van der Waals surface area contributed by atoms with Crippen LogP contribution in [0.15, 0.2) is 18.2 Å². The Bertz CT molecular complexity index is 749. The number of nitrogens with zero attached hydrogens (tertiary/aromatic N) is 1. The summed E-state index contributed by atoms with van der Waals surface area (Å²) < 4.78 is 26.3. The third kappa shape index (κ3) is 3.01. The van der Waals surface area contributed by atoms with Crippen molar-refractivity contribution in [2.75, 3.05) is 11.1 Å². The van der Waals surface area contributed by atoms with Crippen LogP contribution in [0.4, 0.5) is 19.5 Å². The predicted molar refractivity (Wildman–Crippen MR) is 77.1 cm³/mol. The molecule has 1 aromatic heterocycles. The highest BCUT2D eigenvalue weighted by Gasteiger charge is 2.18. The number of halogens is 2. The van der Waals surface area contributed by atoms with E-state index in [1.54, 1.807) is 0 Å². The van der Waals surface area contributed by atoms with Gasteiger partial charge in [0.2, 0.25) is 0 Å². The summed E-state index contributed by atoms with van der Waals surface area (Å²) in [5.41, 5.74) is 6.27. The van der Waals surface area contributed by atoms with E-state index in [0.717, 1.165) is 23.5 Å². The van der Waals surface area contributed by atoms with Crippen LogP contribution in [-0.4, -0.2) is 5.78 Å². The fourth-order valence-electron chi connectivity index (χ4n) is 1.78. The van der Waals surface area contributed by atoms with Crippen LogP contribution in [0.2, 0.25) is 0 Å². The van der Waals surface area contributed by atoms with Crippen LogP contribution in [-0.2, 0) is 6.54 Å². The minimum absolute atomic E-state index is 0.0537. The van der Waals surface area contributed by atoms with Crippen molar-refractivity contribution in [1.29, 1.82) is 5.26 Å². The lowest BCUT2D eigenvalue weighted by atomic mass is 10.2. The summed E-state index contributed by atoms with van der Waals surface area (Å²) >= 11 is 1.04. The molecule has 0 amide bonds. The maximum atomic E-state index is 13.5. The average molecular weight is 307 g/mol. The molecule has 0 unspecified atom stereocenters. The molecule has 0 radical (unpaired) electrons. The first-order valence-corrected chi connectivity index (χ1v) is 6.76. The van der Waals surface area contributed by atoms with Gasteiger partial charge in [-0.1, -0.05) is 6.07 Å². The number of rotatable bonds is 4. The third-order valence-corrected chi connectivity index (χ3v) is 4.10. The Morgan fingerprint density at radius 2 is 2.19 bits per heavy atom. The molecule has 0 fully saturated rings. The number of hydrogen-bond donors (Lipinski definition) is 2. The van der Waals surface area contributed by atoms with Gasteiger partial charge in [-0.25, -0.2) is 8.78 Å². The lowest BCUT2D eigenvalue weighted by molar-refractivity contribution is 0.102. The Kier molecular flexibility index (Phi) is 4.19. The van der Waals surface area contributed by atoms with Crippen LogP contribution in [0, 0.1) is 23.0 Å². The predicted octanol–water partition coefficient (Wildman–Crippen LogP) is 3.29. The van der Waals surface area contributed by atoms with Crippen molar-refractivity contribution in [1.82, 2.24) is 0 Å². The second-order valence-corrected chi connectivity index (χ2v) is 5.33. The number of carbonyl (C=O) groups is 1. The van der Waals surface area contributed by atoms with Crippen LogP contribution >= 0.6 is 11.3 Å². The summed E-state index contributed by atoms with van der Waals surface area (Å²) in [5, 5.41) is 12.3. The van der Waals surface area contributed by atoms with Gasteiger partial charge in [-0.2, -0.15) is 5.26 Å². The normalized spacial score (nSPS) is 10.2. The van der Waals surface area contributed by atoms with Crippen molar-refractivity contribution in [2.45, 2.75) is 13.5 Å². The van der Waals surface area contributed by atoms with Crippen molar-refractivity contribution in [3.8, 4) is 6.07 Å². The molecule has 21 heavy (non-hydrogen) atoms. The van der Waals surface area contributed by atoms with Crippen LogP contribution in [0.3, 0.4) is 0 Å². The van der Waals surface area contributed by atoms with Gasteiger partial charge < -0.3 is 11.1 Å². The molecule has 0 saturated carbocycles. The van der Waals surface area contributed by atoms with Crippen molar-refractivity contribution in [3.63, 3.8) is 0 Å². The van der Waals surface area contributed by atoms with E-state index in [9.17, 15) is 13.6 Å². The minimum Gasteiger partial charge on any atom is -0.396 e. The number of Topliss-reactive ketones (excluding diaryl/α,β-unsaturated/α-hetero) is 1. The van der Waals surface area contributed by atoms with Crippen LogP contribution in [0.25, 0.3) is 0 Å². The van der Waals surface area contributed by atoms with Gasteiger partial charge in [0.25, 0.3) is 0 Å². The molecule has 2 aromatic rings. The fraction of sp³-hybridized carbons (Fsp3) is 0.143. The highest BCUT2D eigenvalue weighted by molar-refractivity contribution is 7.18. The molecule has 7 heteroatoms. The molecule has 0 atom stereocenters. The van der Waals surface area contributed by atoms with E-state index >= 15 is 0 Å². The Hall–Kier alpha value is -2.46. The second-order valence-electron chi connectivity index (χ2n) is 4.31. The maximum absolute atomic E-state index is 13.5. The smallest absolute Gasteiger partial charge is 0.171 e. The molecular formula is C14H11F2N3OS. The zero-order chi connectivity index (χ0) is 15.6. The Morgan fingerprint density at radius 1 is 1.48 bits per heavy atom. The van der Waals surface area contributed by atoms with Gasteiger partial charge >= 0.3 is 0 Å². The van der Waals surface area contributed by atoms with Crippen LogP contribution in [0.5, 0.6) is 0 Å². The van der Waals surface area contributed by atoms with E-state index in [1.807, 2.05) is 6.07 Å². The van der Waals surface area contributed by atoms with E-state index in [1.165, 1.54) is 13.0 Å². The number of nitrogen functional groups attached to an aromatic ring is 1. The van der Waals surface area contributed by atoms with Gasteiger partial charge in [-0.3, -0.25) is 4.79 Å². The van der Waals surface area contributed by atoms with E-state index in [4.69, 9.17) is 11.0 Å². The zero-order valence-corrected chi connectivity index (χ0v) is 11.9. The molecular weight excluding hydrogens is 296 g/mol. The summed E-state index contributed by atoms with van der Waals surface area (Å²) in [6.07, 6.45) is 0. The molecule has 1 aromatic carbocycles. The Morgan fingerprint density at radius 3 is 2.76 bits per heavy atom. The zero-order valence-electron chi connectivity index (χ0n) is 11.0. The number of hydrogen-bond acceptors (Lipinski definition) is 5. The second kappa shape index (κ2) is 5.89. The van der Waals surface area contributed by atoms with Gasteiger partial charge in [0, 0.05) is 25.1 Å². The number of ketones is 1. The van der Waals surface area contributed by atoms with Gasteiger partial charge in [0.05, 0.1) is 10.6 Å². The molecule has 0 aliphatic rings. The molecule has 0 spiro atoms. The highest BCUT2D eigenvalue weighted by Crippen LogP contribution is 2.35. The number of thiophene rings is 1. The number of nitriles is 1. The van der Waals surface area contributed by atoms with Gasteiger partial charge in [0.1, 0.15) is 28.3 Å². The molecule has 108 valence electrons. The van der Waals surface area contributed by atoms with Gasteiger partial charge in [0.15, 0.2) is 5.78 Å². The maximum Gasteiger partial charge on any atom is 0.171 e. The van der Waals surface area contributed by atoms with Gasteiger partial charge in [-0.15, -0.1) is 11.3 Å². The highest BCUT2D eigenvalue weighted by atomic mass is 32.1. The first-order valence-electron chi connectivity index (χ1n) is 5.95. The lowest BCUT2D eigenvalue weighted by Gasteiger charge is -2.06. The lowest BCUT2D eigenvalue weighted by Crippen LogP contribution is -2.02. The molecule has 0 bridgehead atoms. The van der Waals surface area contributed by atoms with E-state index < -0.39 is 11.6 Å². The molecule has 3 N–H and O–H groups in total. The molecule has 1 heterocycles. The molecule has 2 rings (SSSR count). The third-order valence-electron chi connectivity index (χ3n) is 2.83. The largest absolute Gasteiger partial charge is 0.396 e. The SMILES string of the molecule is CC(=O)c1sc(NCc2ccc(F)cc2F)c(C#N)c1N. The van der Waals surface area contributed by atoms with Crippen molar-refractivity contribution in [2.24, 2.45) is 0 Å². The first kappa shape index (κ1) is 14.9. The van der Waals surface area contributed by atoms with Crippen molar-refractivity contribution >= 4 is 27.8 Å². The summed E-state index contributed by atoms with van der Waals surface area (Å²) in [5.74, 6) is -1.58. The van der Waals surface area contributed by atoms with Crippen molar-refractivity contribution in [3.05, 3.63) is 45.8 Å². The van der Waals surface area contributed by atoms with Crippen molar-refractivity contribution < 1.29 is 13.6 Å². The topological polar surface area (TPSA) is 78.9 Å². The molecule has 4 nitrogen and oxygen atoms in total. The quantitative estimate of drug-likeness (QED) is 0.849. The standard InChI is InChI=1S/C14H11F2N3OS/c1-7(20)13-12(18)10(5-17)14(21-13)19-6-8-2-3-9(15)4-11(8)16/h2-4,19H,6,18H2,1H3. The molecule has 0 aliphatic heterocycles. The number of nitrogens with one attached hydrogen (secondary N) is 1. The summed E-state index contributed by atoms with van der Waals surface area (Å²) in [7, 11) is 0. The molecule has 0 aliphatic carbocycles. The van der Waals surface area contributed by atoms with Gasteiger partial charge in [-0.05, 0) is 6.07 Å². The number of anilines is 2. The monoisotopic (exact) mass is 307 g/mol. The van der Waals surface area contributed by atoms with E-state index in [-0.39, 0.29) is 34.0 Å². The first-order chi connectivity index (χ1) is 9.93. The van der Waals surface area contributed by atoms with E-state index in [0.29, 0.717) is 5.00 Å². The number of carbonyl (C=O) groups excluding carboxylic acids is 1. The van der Waals surface area contributed by atoms with Crippen LogP contribution in [0.1, 0.15) is 27.7 Å². The Balaban J connectivity index is 2.26. The number of benzene rings is 1. The Labute approximate surface area is 123 Å². The average Bonchev–Trinajstić information content (AvgIpc) is 2.74. The number of nitrogens with two attached hydrogens (primary N) is 1. The molecule has 0 saturated heterocycles. The van der Waals surface area contributed by atoms with Crippen LogP contribution < -0.4 is 11.1 Å². The van der Waals surface area contributed by atoms with E-state index in [2.05, 4.69) is 5.32 Å². The summed E-state index contributed by atoms with van der Waals surface area (Å²) in [6, 6.07) is 5.16. The summed E-state index contributed by atoms with van der Waals surface area (Å²) in [6.45, 7) is 1.41. The summed E-state index contributed by atoms with van der Waals surface area (Å²) in [4.78, 5) is 11.7.